The number of methoxy groups -OCH3 is 1. The highest BCUT2D eigenvalue weighted by Gasteiger charge is 2.22. The van der Waals surface area contributed by atoms with E-state index >= 15 is 0 Å². The number of nitrogens with zero attached hydrogens (tertiary/aromatic N) is 1. The van der Waals surface area contributed by atoms with E-state index in [9.17, 15) is 13.2 Å². The van der Waals surface area contributed by atoms with Gasteiger partial charge in [-0.3, -0.25) is 4.79 Å². The minimum absolute atomic E-state index is 0.0786. The van der Waals surface area contributed by atoms with E-state index in [1.807, 2.05) is 0 Å². The summed E-state index contributed by atoms with van der Waals surface area (Å²) in [6.45, 7) is 0. The molecule has 6 nitrogen and oxygen atoms in total. The third kappa shape index (κ3) is 5.06. The van der Waals surface area contributed by atoms with Gasteiger partial charge in [0.05, 0.1) is 7.11 Å². The van der Waals surface area contributed by atoms with Gasteiger partial charge in [0, 0.05) is 26.2 Å². The number of hydrogen-bond acceptors (Lipinski definition) is 4. The maximum absolute atomic E-state index is 12.4. The van der Waals surface area contributed by atoms with E-state index in [1.165, 1.54) is 39.8 Å². The molecule has 7 heteroatoms. The maximum atomic E-state index is 12.4. The molecule has 1 aromatic rings. The molecule has 1 N–H and O–H groups in total. The molecule has 0 atom stereocenters. The van der Waals surface area contributed by atoms with E-state index in [1.54, 1.807) is 18.2 Å². The highest BCUT2D eigenvalue weighted by atomic mass is 32.2. The van der Waals surface area contributed by atoms with Gasteiger partial charge in [-0.05, 0) is 36.6 Å². The van der Waals surface area contributed by atoms with Crippen LogP contribution in [0.2, 0.25) is 0 Å². The average Bonchev–Trinajstić information content (AvgIpc) is 2.60. The minimum Gasteiger partial charge on any atom is -0.495 e. The van der Waals surface area contributed by atoms with Crippen molar-refractivity contribution in [2.75, 3.05) is 21.2 Å². The smallest absolute Gasteiger partial charge is 0.246 e. The molecule has 1 fully saturated rings. The van der Waals surface area contributed by atoms with Crippen molar-refractivity contribution >= 4 is 22.0 Å². The lowest BCUT2D eigenvalue weighted by Crippen LogP contribution is -2.34. The highest BCUT2D eigenvalue weighted by Crippen LogP contribution is 2.27. The van der Waals surface area contributed by atoms with Crippen molar-refractivity contribution in [3.05, 3.63) is 29.8 Å². The fourth-order valence-corrected chi connectivity index (χ4v) is 3.95. The maximum Gasteiger partial charge on any atom is 0.246 e. The first-order valence-corrected chi connectivity index (χ1v) is 9.87. The fraction of sp³-hybridized carbons (Fsp3) is 0.500. The zero-order valence-electron chi connectivity index (χ0n) is 15.0. The number of nitrogens with one attached hydrogen (secondary N) is 1. The molecule has 2 rings (SSSR count). The van der Waals surface area contributed by atoms with Gasteiger partial charge < -0.3 is 10.1 Å². The van der Waals surface area contributed by atoms with E-state index in [2.05, 4.69) is 5.32 Å². The first kappa shape index (κ1) is 19.5. The Morgan fingerprint density at radius 1 is 1.24 bits per heavy atom. The average molecular weight is 366 g/mol. The van der Waals surface area contributed by atoms with Crippen molar-refractivity contribution in [3.8, 4) is 5.75 Å². The number of hydrogen-bond donors (Lipinski definition) is 1. The molecule has 0 aromatic heterocycles. The van der Waals surface area contributed by atoms with Crippen molar-refractivity contribution in [1.29, 1.82) is 0 Å². The lowest BCUT2D eigenvalue weighted by atomic mass is 9.95. The molecule has 0 unspecified atom stereocenters. The molecule has 0 radical (unpaired) electrons. The Labute approximate surface area is 149 Å². The van der Waals surface area contributed by atoms with Crippen LogP contribution in [-0.2, 0) is 14.8 Å². The van der Waals surface area contributed by atoms with Crippen LogP contribution < -0.4 is 10.1 Å². The van der Waals surface area contributed by atoms with Crippen LogP contribution >= 0.6 is 0 Å². The SMILES string of the molecule is COc1ccc(/C=C/C(=O)NC2CCCCC2)cc1S(=O)(=O)N(C)C. The summed E-state index contributed by atoms with van der Waals surface area (Å²) >= 11 is 0. The van der Waals surface area contributed by atoms with E-state index < -0.39 is 10.0 Å². The standard InChI is InChI=1S/C18H26N2O4S/c1-20(2)25(22,23)17-13-14(9-11-16(17)24-3)10-12-18(21)19-15-7-5-4-6-8-15/h9-13,15H,4-8H2,1-3H3,(H,19,21)/b12-10+. The van der Waals surface area contributed by atoms with E-state index in [-0.39, 0.29) is 22.6 Å². The number of carbonyl (C=O) groups is 1. The van der Waals surface area contributed by atoms with Crippen LogP contribution in [0.3, 0.4) is 0 Å². The molecule has 0 aliphatic heterocycles. The van der Waals surface area contributed by atoms with Gasteiger partial charge in [0.25, 0.3) is 0 Å². The summed E-state index contributed by atoms with van der Waals surface area (Å²) in [4.78, 5) is 12.1. The number of rotatable bonds is 6. The van der Waals surface area contributed by atoms with Crippen LogP contribution in [0.4, 0.5) is 0 Å². The van der Waals surface area contributed by atoms with Crippen molar-refractivity contribution in [1.82, 2.24) is 9.62 Å². The molecular weight excluding hydrogens is 340 g/mol. The van der Waals surface area contributed by atoms with E-state index in [0.29, 0.717) is 5.56 Å². The van der Waals surface area contributed by atoms with Gasteiger partial charge in [-0.15, -0.1) is 0 Å². The molecule has 0 saturated heterocycles. The Morgan fingerprint density at radius 2 is 1.92 bits per heavy atom. The first-order valence-electron chi connectivity index (χ1n) is 8.43. The van der Waals surface area contributed by atoms with Gasteiger partial charge >= 0.3 is 0 Å². The summed E-state index contributed by atoms with van der Waals surface area (Å²) in [5.41, 5.74) is 0.625. The van der Waals surface area contributed by atoms with Crippen LogP contribution in [0.15, 0.2) is 29.2 Å². The molecule has 1 amide bonds. The molecular formula is C18H26N2O4S. The fourth-order valence-electron chi connectivity index (χ4n) is 2.86. The van der Waals surface area contributed by atoms with Gasteiger partial charge in [-0.2, -0.15) is 0 Å². The Balaban J connectivity index is 2.15. The third-order valence-electron chi connectivity index (χ3n) is 4.33. The molecule has 138 valence electrons. The molecule has 1 aliphatic carbocycles. The van der Waals surface area contributed by atoms with Crippen LogP contribution in [0, 0.1) is 0 Å². The van der Waals surface area contributed by atoms with Gasteiger partial charge in [-0.25, -0.2) is 12.7 Å². The van der Waals surface area contributed by atoms with Gasteiger partial charge in [-0.1, -0.05) is 25.3 Å². The molecule has 1 saturated carbocycles. The normalized spacial score (nSPS) is 16.3. The molecule has 0 spiro atoms. The topological polar surface area (TPSA) is 75.7 Å². The Bertz CT molecular complexity index is 735. The van der Waals surface area contributed by atoms with Gasteiger partial charge in [0.1, 0.15) is 10.6 Å². The van der Waals surface area contributed by atoms with Gasteiger partial charge in [0.2, 0.25) is 15.9 Å². The monoisotopic (exact) mass is 366 g/mol. The number of ether oxygens (including phenoxy) is 1. The Hall–Kier alpha value is -1.86. The molecule has 1 aliphatic rings. The zero-order chi connectivity index (χ0) is 18.4. The highest BCUT2D eigenvalue weighted by molar-refractivity contribution is 7.89. The zero-order valence-corrected chi connectivity index (χ0v) is 15.8. The van der Waals surface area contributed by atoms with E-state index in [4.69, 9.17) is 4.74 Å². The lowest BCUT2D eigenvalue weighted by molar-refractivity contribution is -0.117. The predicted octanol–water partition coefficient (Wildman–Crippen LogP) is 2.41. The quantitative estimate of drug-likeness (QED) is 0.785. The summed E-state index contributed by atoms with van der Waals surface area (Å²) in [5, 5.41) is 3.00. The van der Waals surface area contributed by atoms with Crippen LogP contribution in [0.25, 0.3) is 6.08 Å². The Kier molecular flexibility index (Phi) is 6.61. The van der Waals surface area contributed by atoms with Crippen molar-refractivity contribution in [2.24, 2.45) is 0 Å². The third-order valence-corrected chi connectivity index (χ3v) is 6.16. The van der Waals surface area contributed by atoms with Crippen LogP contribution in [0.5, 0.6) is 5.75 Å². The summed E-state index contributed by atoms with van der Waals surface area (Å²) < 4.78 is 31.1. The summed E-state index contributed by atoms with van der Waals surface area (Å²) in [7, 11) is 0.733. The minimum atomic E-state index is -3.63. The van der Waals surface area contributed by atoms with Crippen molar-refractivity contribution < 1.29 is 17.9 Å². The predicted molar refractivity (Wildman–Crippen MR) is 97.9 cm³/mol. The van der Waals surface area contributed by atoms with E-state index in [0.717, 1.165) is 30.0 Å². The molecule has 25 heavy (non-hydrogen) atoms. The first-order chi connectivity index (χ1) is 11.8. The molecule has 1 aromatic carbocycles. The molecule has 0 heterocycles. The number of sulfonamides is 1. The summed E-state index contributed by atoms with van der Waals surface area (Å²) in [6, 6.07) is 5.07. The summed E-state index contributed by atoms with van der Waals surface area (Å²) in [6.07, 6.45) is 8.64. The number of carbonyl (C=O) groups excluding carboxylic acids is 1. The van der Waals surface area contributed by atoms with Crippen LogP contribution in [-0.4, -0.2) is 45.9 Å². The molecule has 0 bridgehead atoms. The summed E-state index contributed by atoms with van der Waals surface area (Å²) in [5.74, 6) is 0.122. The second-order valence-electron chi connectivity index (χ2n) is 6.37. The number of benzene rings is 1. The largest absolute Gasteiger partial charge is 0.495 e. The van der Waals surface area contributed by atoms with Crippen molar-refractivity contribution in [2.45, 2.75) is 43.0 Å². The second kappa shape index (κ2) is 8.49. The lowest BCUT2D eigenvalue weighted by Gasteiger charge is -2.21. The van der Waals surface area contributed by atoms with Crippen molar-refractivity contribution in [3.63, 3.8) is 0 Å². The van der Waals surface area contributed by atoms with Gasteiger partial charge in [0.15, 0.2) is 0 Å². The Morgan fingerprint density at radius 3 is 2.52 bits per heavy atom. The second-order valence-corrected chi connectivity index (χ2v) is 8.49. The van der Waals surface area contributed by atoms with Crippen LogP contribution in [0.1, 0.15) is 37.7 Å². The number of amides is 1.